The van der Waals surface area contributed by atoms with Crippen LogP contribution < -0.4 is 0 Å². The number of nitro groups is 2. The van der Waals surface area contributed by atoms with Crippen LogP contribution in [0, 0.1) is 20.2 Å². The Kier molecular flexibility index (Phi) is 15.6. The smallest absolute Gasteiger partial charge is 0.242 e. The van der Waals surface area contributed by atoms with Crippen molar-refractivity contribution >= 4 is 6.29 Å². The van der Waals surface area contributed by atoms with Crippen molar-refractivity contribution in [2.45, 2.75) is 95.4 Å². The highest BCUT2D eigenvalue weighted by molar-refractivity contribution is 5.50. The lowest BCUT2D eigenvalue weighted by Crippen LogP contribution is -2.33. The fraction of sp³-hybridized carbons (Fsp3) is 0.750. The molecule has 1 radical (unpaired) electrons. The van der Waals surface area contributed by atoms with Gasteiger partial charge >= 0.3 is 0 Å². The Bertz CT molecular complexity index is 537. The Morgan fingerprint density at radius 3 is 1.97 bits per heavy atom. The first-order valence-corrected chi connectivity index (χ1v) is 10.1. The number of carbonyl (C=O) groups excluding carboxylic acids is 1. The summed E-state index contributed by atoms with van der Waals surface area (Å²) in [6.07, 6.45) is 10.4. The van der Waals surface area contributed by atoms with Crippen molar-refractivity contribution in [2.75, 3.05) is 0 Å². The van der Waals surface area contributed by atoms with E-state index in [1.165, 1.54) is 12.2 Å². The van der Waals surface area contributed by atoms with Crippen molar-refractivity contribution < 1.29 is 24.9 Å². The van der Waals surface area contributed by atoms with Crippen LogP contribution in [0.3, 0.4) is 0 Å². The molecule has 4 unspecified atom stereocenters. The van der Waals surface area contributed by atoms with Crippen LogP contribution >= 0.6 is 0 Å². The van der Waals surface area contributed by atoms with E-state index in [9.17, 15) is 35.2 Å². The maximum atomic E-state index is 11.2. The molecule has 0 aliphatic rings. The van der Waals surface area contributed by atoms with E-state index < -0.39 is 34.1 Å². The van der Waals surface area contributed by atoms with Gasteiger partial charge in [0.25, 0.3) is 0 Å². The van der Waals surface area contributed by atoms with Gasteiger partial charge in [-0.15, -0.1) is 0 Å². The number of aliphatic hydroxyl groups is 2. The number of unbranched alkanes of at least 4 members (excludes halogenated alkanes) is 4. The standard InChI is InChI=1S/C20H33N2O7/c1-2-3-7-14-19(24)18(22(28)29)13-9-10-15-20(25)17(21(26)27)12-8-5-4-6-11-16-23/h5,8-10,17-20,24-25H,2-4,6-7,11-15H2,1H3/b8-5-,10-9-. The first kappa shape index (κ1) is 26.9. The summed E-state index contributed by atoms with van der Waals surface area (Å²) in [7, 11) is 0. The molecule has 0 rings (SSSR count). The van der Waals surface area contributed by atoms with Gasteiger partial charge in [-0.3, -0.25) is 25.0 Å². The SMILES string of the molecule is CCCCCC(O)C(C/C=C\CC(O)C(C/C=C\CCC[C]=O)[N+](=O)[O-])[N+](=O)[O-]. The summed E-state index contributed by atoms with van der Waals surface area (Å²) in [4.78, 5) is 31.4. The van der Waals surface area contributed by atoms with Crippen molar-refractivity contribution in [3.8, 4) is 0 Å². The summed E-state index contributed by atoms with van der Waals surface area (Å²) in [5.41, 5.74) is 0. The van der Waals surface area contributed by atoms with E-state index >= 15 is 0 Å². The molecule has 0 aromatic rings. The van der Waals surface area contributed by atoms with Gasteiger partial charge in [-0.2, -0.15) is 0 Å². The lowest BCUT2D eigenvalue weighted by Gasteiger charge is -2.15. The summed E-state index contributed by atoms with van der Waals surface area (Å²) >= 11 is 0. The molecule has 9 nitrogen and oxygen atoms in total. The van der Waals surface area contributed by atoms with Crippen molar-refractivity contribution in [1.29, 1.82) is 0 Å². The van der Waals surface area contributed by atoms with Gasteiger partial charge in [-0.25, -0.2) is 0 Å². The molecular weight excluding hydrogens is 380 g/mol. The minimum Gasteiger partial charge on any atom is -0.386 e. The molecule has 0 saturated carbocycles. The van der Waals surface area contributed by atoms with E-state index in [-0.39, 0.29) is 19.3 Å². The number of aliphatic hydroxyl groups excluding tert-OH is 2. The van der Waals surface area contributed by atoms with Crippen LogP contribution in [0.4, 0.5) is 0 Å². The zero-order valence-electron chi connectivity index (χ0n) is 17.0. The molecule has 4 atom stereocenters. The van der Waals surface area contributed by atoms with Crippen molar-refractivity contribution in [1.82, 2.24) is 0 Å². The van der Waals surface area contributed by atoms with Crippen LogP contribution in [-0.2, 0) is 4.79 Å². The van der Waals surface area contributed by atoms with E-state index in [1.807, 2.05) is 6.92 Å². The minimum atomic E-state index is -1.22. The molecule has 29 heavy (non-hydrogen) atoms. The summed E-state index contributed by atoms with van der Waals surface area (Å²) in [5, 5.41) is 42.4. The van der Waals surface area contributed by atoms with Crippen molar-refractivity contribution in [2.24, 2.45) is 0 Å². The largest absolute Gasteiger partial charge is 0.386 e. The number of hydrogen-bond acceptors (Lipinski definition) is 7. The molecule has 0 heterocycles. The Balaban J connectivity index is 4.53. The van der Waals surface area contributed by atoms with Gasteiger partial charge < -0.3 is 10.2 Å². The van der Waals surface area contributed by atoms with Crippen LogP contribution in [0.1, 0.15) is 71.1 Å². The van der Waals surface area contributed by atoms with Gasteiger partial charge in [-0.05, 0) is 25.7 Å². The second-order valence-corrected chi connectivity index (χ2v) is 7.02. The second-order valence-electron chi connectivity index (χ2n) is 7.02. The molecule has 165 valence electrons. The minimum absolute atomic E-state index is 0.00377. The number of nitrogens with zero attached hydrogens (tertiary/aromatic N) is 2. The summed E-state index contributed by atoms with van der Waals surface area (Å²) in [6.45, 7) is 2.01. The molecular formula is C20H33N2O7. The second kappa shape index (κ2) is 16.8. The van der Waals surface area contributed by atoms with Crippen molar-refractivity contribution in [3.05, 3.63) is 44.5 Å². The van der Waals surface area contributed by atoms with Gasteiger partial charge in [0, 0.05) is 29.1 Å². The Morgan fingerprint density at radius 2 is 1.41 bits per heavy atom. The molecule has 0 bridgehead atoms. The summed E-state index contributed by atoms with van der Waals surface area (Å²) < 4.78 is 0. The normalized spacial score (nSPS) is 16.0. The Hall–Kier alpha value is -2.13. The van der Waals surface area contributed by atoms with Crippen LogP contribution in [0.2, 0.25) is 0 Å². The monoisotopic (exact) mass is 413 g/mol. The summed E-state index contributed by atoms with van der Waals surface area (Å²) in [6, 6.07) is -2.31. The molecule has 0 aromatic carbocycles. The van der Waals surface area contributed by atoms with Crippen LogP contribution in [0.25, 0.3) is 0 Å². The van der Waals surface area contributed by atoms with E-state index in [2.05, 4.69) is 0 Å². The Labute approximate surface area is 171 Å². The van der Waals surface area contributed by atoms with Gasteiger partial charge in [0.1, 0.15) is 12.2 Å². The summed E-state index contributed by atoms with van der Waals surface area (Å²) in [5.74, 6) is 0. The van der Waals surface area contributed by atoms with Gasteiger partial charge in [-0.1, -0.05) is 50.5 Å². The molecule has 0 fully saturated rings. The van der Waals surface area contributed by atoms with E-state index in [1.54, 1.807) is 18.4 Å². The van der Waals surface area contributed by atoms with E-state index in [0.29, 0.717) is 25.7 Å². The quantitative estimate of drug-likeness (QED) is 0.152. The van der Waals surface area contributed by atoms with E-state index in [0.717, 1.165) is 19.3 Å². The van der Waals surface area contributed by atoms with Crippen molar-refractivity contribution in [3.63, 3.8) is 0 Å². The number of allylic oxidation sites excluding steroid dienone is 1. The lowest BCUT2D eigenvalue weighted by atomic mass is 10.0. The highest BCUT2D eigenvalue weighted by atomic mass is 16.6. The molecule has 0 saturated heterocycles. The maximum Gasteiger partial charge on any atom is 0.242 e. The average molecular weight is 413 g/mol. The first-order valence-electron chi connectivity index (χ1n) is 10.1. The molecule has 2 N–H and O–H groups in total. The van der Waals surface area contributed by atoms with E-state index in [4.69, 9.17) is 0 Å². The zero-order valence-corrected chi connectivity index (χ0v) is 17.0. The topological polar surface area (TPSA) is 144 Å². The Morgan fingerprint density at radius 1 is 0.862 bits per heavy atom. The van der Waals surface area contributed by atoms with Crippen LogP contribution in [-0.4, -0.2) is 50.6 Å². The van der Waals surface area contributed by atoms with Gasteiger partial charge in [0.2, 0.25) is 12.1 Å². The molecule has 9 heteroatoms. The predicted molar refractivity (Wildman–Crippen MR) is 109 cm³/mol. The average Bonchev–Trinajstić information content (AvgIpc) is 2.66. The fourth-order valence-corrected chi connectivity index (χ4v) is 2.84. The third-order valence-electron chi connectivity index (χ3n) is 4.65. The molecule has 0 aliphatic carbocycles. The van der Waals surface area contributed by atoms with Crippen LogP contribution in [0.5, 0.6) is 0 Å². The first-order chi connectivity index (χ1) is 13.8. The highest BCUT2D eigenvalue weighted by Gasteiger charge is 2.29. The number of hydrogen-bond donors (Lipinski definition) is 2. The molecule has 0 aliphatic heterocycles. The third-order valence-corrected chi connectivity index (χ3v) is 4.65. The molecule has 0 amide bonds. The third kappa shape index (κ3) is 12.8. The predicted octanol–water partition coefficient (Wildman–Crippen LogP) is 3.14. The van der Waals surface area contributed by atoms with Crippen LogP contribution in [0.15, 0.2) is 24.3 Å². The molecule has 0 spiro atoms. The van der Waals surface area contributed by atoms with Gasteiger partial charge in [0.05, 0.1) is 0 Å². The highest BCUT2D eigenvalue weighted by Crippen LogP contribution is 2.14. The zero-order chi connectivity index (χ0) is 22.1. The molecule has 0 aromatic heterocycles. The maximum absolute atomic E-state index is 11.2. The van der Waals surface area contributed by atoms with Gasteiger partial charge in [0.15, 0.2) is 6.29 Å². The lowest BCUT2D eigenvalue weighted by molar-refractivity contribution is -0.533. The number of rotatable bonds is 18. The fourth-order valence-electron chi connectivity index (χ4n) is 2.84.